The first kappa shape index (κ1) is 13.1. The first-order valence-electron chi connectivity index (χ1n) is 6.54. The quantitative estimate of drug-likeness (QED) is 0.746. The van der Waals surface area contributed by atoms with Crippen molar-refractivity contribution >= 4 is 16.7 Å². The predicted molar refractivity (Wildman–Crippen MR) is 81.1 cm³/mol. The second-order valence-corrected chi connectivity index (χ2v) is 4.73. The van der Waals surface area contributed by atoms with Crippen molar-refractivity contribution < 1.29 is 9.53 Å². The van der Waals surface area contributed by atoms with E-state index >= 15 is 0 Å². The van der Waals surface area contributed by atoms with Crippen LogP contribution in [0.5, 0.6) is 11.5 Å². The number of carbonyl (C=O) groups is 1. The van der Waals surface area contributed by atoms with Crippen LogP contribution in [0.4, 0.5) is 0 Å². The van der Waals surface area contributed by atoms with E-state index in [2.05, 4.69) is 4.98 Å². The number of nitrogens with one attached hydrogen (secondary N) is 1. The Balaban J connectivity index is 2.01. The molecule has 0 bridgehead atoms. The number of aromatic amines is 1. The van der Waals surface area contributed by atoms with Crippen LogP contribution in [0.25, 0.3) is 10.9 Å². The molecule has 104 valence electrons. The van der Waals surface area contributed by atoms with Crippen LogP contribution in [-0.2, 0) is 0 Å². The van der Waals surface area contributed by atoms with Crippen molar-refractivity contribution in [3.63, 3.8) is 0 Å². The van der Waals surface area contributed by atoms with E-state index in [1.165, 1.54) is 13.0 Å². The molecule has 0 unspecified atom stereocenters. The molecule has 2 aromatic carbocycles. The normalized spacial score (nSPS) is 10.5. The molecule has 1 heterocycles. The Labute approximate surface area is 121 Å². The first-order chi connectivity index (χ1) is 10.1. The molecule has 0 aliphatic carbocycles. The highest BCUT2D eigenvalue weighted by molar-refractivity contribution is 5.94. The van der Waals surface area contributed by atoms with Crippen molar-refractivity contribution in [2.45, 2.75) is 6.92 Å². The van der Waals surface area contributed by atoms with Gasteiger partial charge in [-0.25, -0.2) is 0 Å². The van der Waals surface area contributed by atoms with E-state index in [4.69, 9.17) is 4.74 Å². The van der Waals surface area contributed by atoms with Crippen LogP contribution in [0.1, 0.15) is 17.3 Å². The maximum atomic E-state index is 11.7. The van der Waals surface area contributed by atoms with Crippen molar-refractivity contribution in [3.8, 4) is 11.5 Å². The number of ether oxygens (including phenoxy) is 1. The molecule has 0 aliphatic rings. The summed E-state index contributed by atoms with van der Waals surface area (Å²) in [5, 5.41) is 0.827. The standard InChI is InChI=1S/C17H13NO3/c1-11(19)12-6-8-13(9-7-12)21-16-10-17(20)18-15-5-3-2-4-14(15)16/h2-10H,1H3,(H,18,20). The molecule has 21 heavy (non-hydrogen) atoms. The van der Waals surface area contributed by atoms with Gasteiger partial charge in [-0.1, -0.05) is 12.1 Å². The first-order valence-corrected chi connectivity index (χ1v) is 6.54. The van der Waals surface area contributed by atoms with Crippen molar-refractivity contribution in [2.24, 2.45) is 0 Å². The fourth-order valence-corrected chi connectivity index (χ4v) is 2.14. The summed E-state index contributed by atoms with van der Waals surface area (Å²) >= 11 is 0. The van der Waals surface area contributed by atoms with Crippen molar-refractivity contribution in [3.05, 3.63) is 70.5 Å². The molecule has 0 aliphatic heterocycles. The average molecular weight is 279 g/mol. The second-order valence-electron chi connectivity index (χ2n) is 4.73. The van der Waals surface area contributed by atoms with Crippen LogP contribution in [0.3, 0.4) is 0 Å². The number of hydrogen-bond donors (Lipinski definition) is 1. The maximum absolute atomic E-state index is 11.7. The number of fused-ring (bicyclic) bond motifs is 1. The smallest absolute Gasteiger partial charge is 0.252 e. The molecular formula is C17H13NO3. The lowest BCUT2D eigenvalue weighted by molar-refractivity contribution is 0.101. The van der Waals surface area contributed by atoms with E-state index in [0.717, 1.165) is 10.9 Å². The number of rotatable bonds is 3. The third-order valence-corrected chi connectivity index (χ3v) is 3.20. The van der Waals surface area contributed by atoms with Gasteiger partial charge in [0.1, 0.15) is 11.5 Å². The lowest BCUT2D eigenvalue weighted by atomic mass is 10.1. The topological polar surface area (TPSA) is 59.2 Å². The number of hydrogen-bond acceptors (Lipinski definition) is 3. The molecule has 1 N–H and O–H groups in total. The summed E-state index contributed by atoms with van der Waals surface area (Å²) in [5.41, 5.74) is 1.13. The molecule has 0 radical (unpaired) electrons. The van der Waals surface area contributed by atoms with Crippen molar-refractivity contribution in [1.29, 1.82) is 0 Å². The van der Waals surface area contributed by atoms with Gasteiger partial charge in [-0.15, -0.1) is 0 Å². The fourth-order valence-electron chi connectivity index (χ4n) is 2.14. The number of Topliss-reactive ketones (excluding diaryl/α,β-unsaturated/α-hetero) is 1. The Bertz CT molecular complexity index is 863. The Kier molecular flexibility index (Phi) is 3.28. The third kappa shape index (κ3) is 2.69. The molecule has 1 aromatic heterocycles. The number of carbonyl (C=O) groups excluding carboxylic acids is 1. The van der Waals surface area contributed by atoms with Gasteiger partial charge in [0.25, 0.3) is 5.56 Å². The highest BCUT2D eigenvalue weighted by atomic mass is 16.5. The molecule has 4 nitrogen and oxygen atoms in total. The van der Waals surface area contributed by atoms with Gasteiger partial charge < -0.3 is 9.72 Å². The molecule has 4 heteroatoms. The molecule has 0 fully saturated rings. The summed E-state index contributed by atoms with van der Waals surface area (Å²) in [4.78, 5) is 25.7. The van der Waals surface area contributed by atoms with Gasteiger partial charge in [-0.3, -0.25) is 9.59 Å². The molecular weight excluding hydrogens is 266 g/mol. The average Bonchev–Trinajstić information content (AvgIpc) is 2.47. The zero-order chi connectivity index (χ0) is 14.8. The summed E-state index contributed by atoms with van der Waals surface area (Å²) in [6, 6.07) is 15.7. The van der Waals surface area contributed by atoms with Gasteiger partial charge in [0.05, 0.1) is 5.52 Å². The Morgan fingerprint density at radius 3 is 2.48 bits per heavy atom. The molecule has 0 spiro atoms. The minimum atomic E-state index is -0.218. The minimum Gasteiger partial charge on any atom is -0.456 e. The summed E-state index contributed by atoms with van der Waals surface area (Å²) in [5.74, 6) is 1.07. The van der Waals surface area contributed by atoms with Crippen LogP contribution in [-0.4, -0.2) is 10.8 Å². The molecule has 0 amide bonds. The van der Waals surface area contributed by atoms with E-state index < -0.39 is 0 Å². The second kappa shape index (κ2) is 5.25. The van der Waals surface area contributed by atoms with E-state index in [0.29, 0.717) is 17.1 Å². The largest absolute Gasteiger partial charge is 0.456 e. The zero-order valence-corrected chi connectivity index (χ0v) is 11.4. The lowest BCUT2D eigenvalue weighted by Crippen LogP contribution is -2.04. The maximum Gasteiger partial charge on any atom is 0.252 e. The van der Waals surface area contributed by atoms with Gasteiger partial charge in [-0.2, -0.15) is 0 Å². The number of pyridine rings is 1. The van der Waals surface area contributed by atoms with Crippen molar-refractivity contribution in [1.82, 2.24) is 4.98 Å². The monoisotopic (exact) mass is 279 g/mol. The van der Waals surface area contributed by atoms with E-state index in [-0.39, 0.29) is 11.3 Å². The van der Waals surface area contributed by atoms with Gasteiger partial charge in [-0.05, 0) is 43.3 Å². The summed E-state index contributed by atoms with van der Waals surface area (Å²) < 4.78 is 5.78. The fraction of sp³-hybridized carbons (Fsp3) is 0.0588. The van der Waals surface area contributed by atoms with Gasteiger partial charge in [0, 0.05) is 17.0 Å². The van der Waals surface area contributed by atoms with Gasteiger partial charge in [0.15, 0.2) is 5.78 Å². The molecule has 3 rings (SSSR count). The summed E-state index contributed by atoms with van der Waals surface area (Å²) in [6.07, 6.45) is 0. The Hall–Kier alpha value is -2.88. The SMILES string of the molecule is CC(=O)c1ccc(Oc2cc(=O)[nH]c3ccccc23)cc1. The Morgan fingerprint density at radius 2 is 1.76 bits per heavy atom. The molecule has 0 atom stereocenters. The van der Waals surface area contributed by atoms with Crippen LogP contribution in [0.2, 0.25) is 0 Å². The highest BCUT2D eigenvalue weighted by Gasteiger charge is 2.06. The zero-order valence-electron chi connectivity index (χ0n) is 11.4. The number of benzene rings is 2. The lowest BCUT2D eigenvalue weighted by Gasteiger charge is -2.08. The predicted octanol–water partition coefficient (Wildman–Crippen LogP) is 3.52. The van der Waals surface area contributed by atoms with Crippen LogP contribution in [0.15, 0.2) is 59.4 Å². The number of para-hydroxylation sites is 1. The van der Waals surface area contributed by atoms with E-state index in [1.807, 2.05) is 24.3 Å². The van der Waals surface area contributed by atoms with Gasteiger partial charge >= 0.3 is 0 Å². The number of aromatic nitrogens is 1. The van der Waals surface area contributed by atoms with Crippen molar-refractivity contribution in [2.75, 3.05) is 0 Å². The van der Waals surface area contributed by atoms with Crippen LogP contribution in [0, 0.1) is 0 Å². The third-order valence-electron chi connectivity index (χ3n) is 3.20. The highest BCUT2D eigenvalue weighted by Crippen LogP contribution is 2.27. The molecule has 0 saturated carbocycles. The van der Waals surface area contributed by atoms with Crippen LogP contribution < -0.4 is 10.3 Å². The molecule has 0 saturated heterocycles. The summed E-state index contributed by atoms with van der Waals surface area (Å²) in [6.45, 7) is 1.51. The number of ketones is 1. The van der Waals surface area contributed by atoms with E-state index in [1.54, 1.807) is 24.3 Å². The Morgan fingerprint density at radius 1 is 1.05 bits per heavy atom. The van der Waals surface area contributed by atoms with E-state index in [9.17, 15) is 9.59 Å². The summed E-state index contributed by atoms with van der Waals surface area (Å²) in [7, 11) is 0. The minimum absolute atomic E-state index is 0.00292. The van der Waals surface area contributed by atoms with Crippen LogP contribution >= 0.6 is 0 Å². The molecule has 3 aromatic rings. The van der Waals surface area contributed by atoms with Gasteiger partial charge in [0.2, 0.25) is 0 Å². The number of H-pyrrole nitrogens is 1.